The molecule has 2 aromatic heterocycles. The maximum absolute atomic E-state index is 13.0. The third kappa shape index (κ3) is 3.91. The van der Waals surface area contributed by atoms with Gasteiger partial charge in [0.25, 0.3) is 5.91 Å². The van der Waals surface area contributed by atoms with E-state index in [-0.39, 0.29) is 5.91 Å². The summed E-state index contributed by atoms with van der Waals surface area (Å²) < 4.78 is 0. The second kappa shape index (κ2) is 8.94. The number of H-pyrrole nitrogens is 1. The van der Waals surface area contributed by atoms with Crippen molar-refractivity contribution in [2.75, 3.05) is 25.0 Å². The topological polar surface area (TPSA) is 61.0 Å². The quantitative estimate of drug-likeness (QED) is 0.307. The first kappa shape index (κ1) is 21.0. The van der Waals surface area contributed by atoms with Crippen molar-refractivity contribution in [2.24, 2.45) is 0 Å². The number of fused-ring (bicyclic) bond motifs is 3. The molecular formula is C28H28N4O. The number of rotatable bonds is 7. The highest BCUT2D eigenvalue weighted by molar-refractivity contribution is 6.09. The van der Waals surface area contributed by atoms with E-state index in [4.69, 9.17) is 4.98 Å². The molecule has 0 aliphatic carbocycles. The molecule has 0 unspecified atom stereocenters. The summed E-state index contributed by atoms with van der Waals surface area (Å²) in [5, 5.41) is 6.98. The summed E-state index contributed by atoms with van der Waals surface area (Å²) >= 11 is 0. The van der Waals surface area contributed by atoms with Gasteiger partial charge in [0, 0.05) is 53.1 Å². The Kier molecular flexibility index (Phi) is 5.69. The Balaban J connectivity index is 1.52. The van der Waals surface area contributed by atoms with E-state index < -0.39 is 0 Å². The lowest BCUT2D eigenvalue weighted by Gasteiger charge is -2.19. The molecule has 0 saturated carbocycles. The summed E-state index contributed by atoms with van der Waals surface area (Å²) in [7, 11) is 0. The van der Waals surface area contributed by atoms with Gasteiger partial charge in [0.2, 0.25) is 0 Å². The Morgan fingerprint density at radius 3 is 2.45 bits per heavy atom. The molecule has 0 aliphatic heterocycles. The van der Waals surface area contributed by atoms with Gasteiger partial charge in [-0.2, -0.15) is 0 Å². The van der Waals surface area contributed by atoms with Crippen LogP contribution in [-0.4, -0.2) is 40.4 Å². The van der Waals surface area contributed by atoms with Gasteiger partial charge in [0.1, 0.15) is 0 Å². The standard InChI is InChI=1S/C28H28N4O/c1-3-32(4-2)28(33)19-13-14-26-23(17-19)27(22-10-6-8-12-25(22)31-26)29-16-15-20-18-30-24-11-7-5-9-21(20)24/h5-14,17-18,30H,3-4,15-16H2,1-2H3,(H,29,31). The number of aromatic nitrogens is 2. The van der Waals surface area contributed by atoms with E-state index >= 15 is 0 Å². The van der Waals surface area contributed by atoms with E-state index in [0.717, 1.165) is 46.0 Å². The minimum Gasteiger partial charge on any atom is -0.384 e. The maximum atomic E-state index is 13.0. The van der Waals surface area contributed by atoms with Crippen molar-refractivity contribution in [1.82, 2.24) is 14.9 Å². The summed E-state index contributed by atoms with van der Waals surface area (Å²) in [6, 6.07) is 22.4. The van der Waals surface area contributed by atoms with Gasteiger partial charge < -0.3 is 15.2 Å². The number of hydrogen-bond acceptors (Lipinski definition) is 3. The Hall–Kier alpha value is -3.86. The van der Waals surface area contributed by atoms with E-state index in [1.54, 1.807) is 0 Å². The smallest absolute Gasteiger partial charge is 0.253 e. The van der Waals surface area contributed by atoms with Crippen LogP contribution in [0.4, 0.5) is 5.69 Å². The second-order valence-corrected chi connectivity index (χ2v) is 8.25. The van der Waals surface area contributed by atoms with Crippen LogP contribution in [0.3, 0.4) is 0 Å². The lowest BCUT2D eigenvalue weighted by Crippen LogP contribution is -2.30. The van der Waals surface area contributed by atoms with Crippen molar-refractivity contribution in [3.05, 3.63) is 84.1 Å². The molecule has 5 nitrogen and oxygen atoms in total. The highest BCUT2D eigenvalue weighted by atomic mass is 16.2. The predicted octanol–water partition coefficient (Wildman–Crippen LogP) is 6.01. The Labute approximate surface area is 193 Å². The van der Waals surface area contributed by atoms with Gasteiger partial charge in [-0.05, 0) is 56.2 Å². The lowest BCUT2D eigenvalue weighted by atomic mass is 10.0. The SMILES string of the molecule is CCN(CC)C(=O)c1ccc2nc3ccccc3c(NCCc3c[nH]c4ccccc34)c2c1. The normalized spacial score (nSPS) is 11.3. The number of nitrogens with zero attached hydrogens (tertiary/aromatic N) is 2. The largest absolute Gasteiger partial charge is 0.384 e. The monoisotopic (exact) mass is 436 g/mol. The van der Waals surface area contributed by atoms with Crippen molar-refractivity contribution >= 4 is 44.3 Å². The van der Waals surface area contributed by atoms with Gasteiger partial charge >= 0.3 is 0 Å². The van der Waals surface area contributed by atoms with Crippen molar-refractivity contribution in [3.63, 3.8) is 0 Å². The van der Waals surface area contributed by atoms with Crippen LogP contribution >= 0.6 is 0 Å². The van der Waals surface area contributed by atoms with E-state index in [0.29, 0.717) is 18.7 Å². The van der Waals surface area contributed by atoms with E-state index in [1.807, 2.05) is 61.2 Å². The summed E-state index contributed by atoms with van der Waals surface area (Å²) in [6.45, 7) is 6.18. The highest BCUT2D eigenvalue weighted by Crippen LogP contribution is 2.32. The molecule has 0 bridgehead atoms. The average molecular weight is 437 g/mol. The van der Waals surface area contributed by atoms with Crippen molar-refractivity contribution < 1.29 is 4.79 Å². The Morgan fingerprint density at radius 1 is 0.909 bits per heavy atom. The van der Waals surface area contributed by atoms with Gasteiger partial charge in [-0.15, -0.1) is 0 Å². The van der Waals surface area contributed by atoms with Crippen LogP contribution in [0.2, 0.25) is 0 Å². The van der Waals surface area contributed by atoms with Crippen molar-refractivity contribution in [1.29, 1.82) is 0 Å². The Morgan fingerprint density at radius 2 is 1.64 bits per heavy atom. The predicted molar refractivity (Wildman–Crippen MR) is 137 cm³/mol. The summed E-state index contributed by atoms with van der Waals surface area (Å²) in [5.74, 6) is 0.0554. The number of carbonyl (C=O) groups is 1. The molecule has 0 aliphatic rings. The number of carbonyl (C=O) groups excluding carboxylic acids is 1. The zero-order chi connectivity index (χ0) is 22.8. The van der Waals surface area contributed by atoms with E-state index in [1.165, 1.54) is 10.9 Å². The molecule has 1 amide bonds. The fourth-order valence-corrected chi connectivity index (χ4v) is 4.57. The molecule has 2 N–H and O–H groups in total. The number of benzene rings is 3. The number of anilines is 1. The van der Waals surface area contributed by atoms with Gasteiger partial charge in [-0.3, -0.25) is 4.79 Å². The highest BCUT2D eigenvalue weighted by Gasteiger charge is 2.16. The molecule has 3 aromatic carbocycles. The molecule has 0 saturated heterocycles. The number of para-hydroxylation sites is 2. The number of hydrogen-bond donors (Lipinski definition) is 2. The van der Waals surface area contributed by atoms with Gasteiger partial charge in [0.05, 0.1) is 16.7 Å². The minimum absolute atomic E-state index is 0.0554. The fourth-order valence-electron chi connectivity index (χ4n) is 4.57. The molecule has 33 heavy (non-hydrogen) atoms. The Bertz CT molecular complexity index is 1450. The molecule has 2 heterocycles. The van der Waals surface area contributed by atoms with Crippen LogP contribution in [0.1, 0.15) is 29.8 Å². The number of aromatic amines is 1. The van der Waals surface area contributed by atoms with Crippen LogP contribution in [0.15, 0.2) is 72.9 Å². The molecule has 0 radical (unpaired) electrons. The summed E-state index contributed by atoms with van der Waals surface area (Å²) in [5.41, 5.74) is 6.01. The number of nitrogens with one attached hydrogen (secondary N) is 2. The van der Waals surface area contributed by atoms with E-state index in [9.17, 15) is 4.79 Å². The van der Waals surface area contributed by atoms with Crippen LogP contribution in [0.5, 0.6) is 0 Å². The number of amides is 1. The molecule has 166 valence electrons. The average Bonchev–Trinajstić information content (AvgIpc) is 3.27. The first-order valence-corrected chi connectivity index (χ1v) is 11.6. The fraction of sp³-hybridized carbons (Fsp3) is 0.214. The molecule has 5 rings (SSSR count). The first-order valence-electron chi connectivity index (χ1n) is 11.6. The van der Waals surface area contributed by atoms with Gasteiger partial charge in [0.15, 0.2) is 0 Å². The lowest BCUT2D eigenvalue weighted by molar-refractivity contribution is 0.0773. The molecule has 5 aromatic rings. The number of pyridine rings is 1. The van der Waals surface area contributed by atoms with Gasteiger partial charge in [-0.25, -0.2) is 4.98 Å². The molecule has 0 atom stereocenters. The molecular weight excluding hydrogens is 408 g/mol. The van der Waals surface area contributed by atoms with Crippen LogP contribution in [0, 0.1) is 0 Å². The molecule has 0 spiro atoms. The molecule has 0 fully saturated rings. The van der Waals surface area contributed by atoms with Crippen LogP contribution < -0.4 is 5.32 Å². The van der Waals surface area contributed by atoms with Crippen LogP contribution in [-0.2, 0) is 6.42 Å². The zero-order valence-electron chi connectivity index (χ0n) is 19.1. The first-order chi connectivity index (χ1) is 16.2. The summed E-state index contributed by atoms with van der Waals surface area (Å²) in [4.78, 5) is 23.1. The van der Waals surface area contributed by atoms with Crippen molar-refractivity contribution in [3.8, 4) is 0 Å². The van der Waals surface area contributed by atoms with Crippen LogP contribution in [0.25, 0.3) is 32.7 Å². The van der Waals surface area contributed by atoms with Gasteiger partial charge in [-0.1, -0.05) is 36.4 Å². The van der Waals surface area contributed by atoms with E-state index in [2.05, 4.69) is 40.8 Å². The minimum atomic E-state index is 0.0554. The zero-order valence-corrected chi connectivity index (χ0v) is 19.1. The maximum Gasteiger partial charge on any atom is 0.253 e. The third-order valence-corrected chi connectivity index (χ3v) is 6.35. The third-order valence-electron chi connectivity index (χ3n) is 6.35. The van der Waals surface area contributed by atoms with Crippen molar-refractivity contribution in [2.45, 2.75) is 20.3 Å². The second-order valence-electron chi connectivity index (χ2n) is 8.25. The molecule has 5 heteroatoms. The summed E-state index contributed by atoms with van der Waals surface area (Å²) in [6.07, 6.45) is 2.98.